The summed E-state index contributed by atoms with van der Waals surface area (Å²) in [5.74, 6) is 3.17. The Morgan fingerprint density at radius 1 is 1.09 bits per heavy atom. The number of ether oxygens (including phenoxy) is 1. The first-order valence-electron chi connectivity index (χ1n) is 4.70. The van der Waals surface area contributed by atoms with Crippen LogP contribution < -0.4 is 0 Å². The van der Waals surface area contributed by atoms with Crippen LogP contribution in [0.25, 0.3) is 0 Å². The van der Waals surface area contributed by atoms with Gasteiger partial charge in [0, 0.05) is 13.2 Å². The SMILES string of the molecule is CC(C)C1C(C)COCC1C. The van der Waals surface area contributed by atoms with Crippen molar-refractivity contribution in [1.82, 2.24) is 0 Å². The standard InChI is InChI=1S/C10H20O/c1-7(2)10-8(3)5-11-6-9(10)4/h7-10H,5-6H2,1-4H3. The predicted molar refractivity (Wildman–Crippen MR) is 47.5 cm³/mol. The molecule has 0 aliphatic carbocycles. The van der Waals surface area contributed by atoms with Gasteiger partial charge in [-0.25, -0.2) is 0 Å². The average Bonchev–Trinajstić information content (AvgIpc) is 1.85. The molecule has 1 heteroatoms. The smallest absolute Gasteiger partial charge is 0.0494 e. The summed E-state index contributed by atoms with van der Waals surface area (Å²) in [6, 6.07) is 0. The molecule has 0 aromatic heterocycles. The van der Waals surface area contributed by atoms with Gasteiger partial charge < -0.3 is 4.74 Å². The van der Waals surface area contributed by atoms with E-state index in [4.69, 9.17) is 4.74 Å². The molecule has 0 aromatic rings. The molecule has 0 N–H and O–H groups in total. The van der Waals surface area contributed by atoms with Crippen LogP contribution in [0.2, 0.25) is 0 Å². The Labute approximate surface area is 70.1 Å². The summed E-state index contributed by atoms with van der Waals surface area (Å²) in [7, 11) is 0. The van der Waals surface area contributed by atoms with E-state index in [1.807, 2.05) is 0 Å². The fourth-order valence-corrected chi connectivity index (χ4v) is 2.54. The number of hydrogen-bond donors (Lipinski definition) is 0. The van der Waals surface area contributed by atoms with Crippen molar-refractivity contribution in [2.75, 3.05) is 13.2 Å². The fourth-order valence-electron chi connectivity index (χ4n) is 2.54. The van der Waals surface area contributed by atoms with E-state index in [1.165, 1.54) is 0 Å². The van der Waals surface area contributed by atoms with Crippen molar-refractivity contribution >= 4 is 0 Å². The molecule has 2 unspecified atom stereocenters. The maximum Gasteiger partial charge on any atom is 0.0494 e. The third-order valence-electron chi connectivity index (χ3n) is 2.85. The Morgan fingerprint density at radius 3 is 1.82 bits per heavy atom. The molecule has 66 valence electrons. The van der Waals surface area contributed by atoms with Crippen molar-refractivity contribution in [3.8, 4) is 0 Å². The van der Waals surface area contributed by atoms with E-state index >= 15 is 0 Å². The molecular formula is C10H20O. The molecule has 1 heterocycles. The first-order valence-corrected chi connectivity index (χ1v) is 4.70. The van der Waals surface area contributed by atoms with Crippen LogP contribution in [0.4, 0.5) is 0 Å². The van der Waals surface area contributed by atoms with Gasteiger partial charge in [0.15, 0.2) is 0 Å². The second kappa shape index (κ2) is 3.57. The van der Waals surface area contributed by atoms with E-state index in [1.54, 1.807) is 0 Å². The van der Waals surface area contributed by atoms with Gasteiger partial charge in [0.1, 0.15) is 0 Å². The van der Waals surface area contributed by atoms with Crippen molar-refractivity contribution in [2.45, 2.75) is 27.7 Å². The summed E-state index contributed by atoms with van der Waals surface area (Å²) >= 11 is 0. The molecule has 1 fully saturated rings. The monoisotopic (exact) mass is 156 g/mol. The van der Waals surface area contributed by atoms with Crippen molar-refractivity contribution in [1.29, 1.82) is 0 Å². The second-order valence-electron chi connectivity index (χ2n) is 4.31. The van der Waals surface area contributed by atoms with Gasteiger partial charge in [-0.1, -0.05) is 27.7 Å². The quantitative estimate of drug-likeness (QED) is 0.567. The van der Waals surface area contributed by atoms with Crippen LogP contribution in [-0.4, -0.2) is 13.2 Å². The molecule has 0 radical (unpaired) electrons. The minimum atomic E-state index is 0.749. The highest BCUT2D eigenvalue weighted by atomic mass is 16.5. The van der Waals surface area contributed by atoms with Crippen LogP contribution in [0.15, 0.2) is 0 Å². The van der Waals surface area contributed by atoms with Crippen molar-refractivity contribution < 1.29 is 4.74 Å². The zero-order valence-corrected chi connectivity index (χ0v) is 8.13. The minimum absolute atomic E-state index is 0.749. The maximum absolute atomic E-state index is 5.47. The van der Waals surface area contributed by atoms with Crippen molar-refractivity contribution in [3.63, 3.8) is 0 Å². The molecule has 1 aliphatic heterocycles. The normalized spacial score (nSPS) is 39.5. The lowest BCUT2D eigenvalue weighted by Gasteiger charge is -2.37. The second-order valence-corrected chi connectivity index (χ2v) is 4.31. The van der Waals surface area contributed by atoms with E-state index in [0.717, 1.165) is 36.9 Å². The highest BCUT2D eigenvalue weighted by Crippen LogP contribution is 2.32. The van der Waals surface area contributed by atoms with Crippen LogP contribution in [0.3, 0.4) is 0 Å². The molecular weight excluding hydrogens is 136 g/mol. The fraction of sp³-hybridized carbons (Fsp3) is 1.00. The zero-order valence-electron chi connectivity index (χ0n) is 8.13. The molecule has 1 nitrogen and oxygen atoms in total. The van der Waals surface area contributed by atoms with Gasteiger partial charge in [-0.15, -0.1) is 0 Å². The molecule has 1 aliphatic rings. The molecule has 1 saturated heterocycles. The van der Waals surface area contributed by atoms with E-state index in [9.17, 15) is 0 Å². The van der Waals surface area contributed by atoms with Gasteiger partial charge in [-0.3, -0.25) is 0 Å². The Hall–Kier alpha value is -0.0400. The summed E-state index contributed by atoms with van der Waals surface area (Å²) in [4.78, 5) is 0. The molecule has 11 heavy (non-hydrogen) atoms. The Bertz CT molecular complexity index is 110. The Balaban J connectivity index is 2.55. The van der Waals surface area contributed by atoms with Gasteiger partial charge in [0.25, 0.3) is 0 Å². The van der Waals surface area contributed by atoms with Crippen molar-refractivity contribution in [3.05, 3.63) is 0 Å². The van der Waals surface area contributed by atoms with Crippen LogP contribution >= 0.6 is 0 Å². The third kappa shape index (κ3) is 1.96. The summed E-state index contributed by atoms with van der Waals surface area (Å²) in [6.07, 6.45) is 0. The number of rotatable bonds is 1. The summed E-state index contributed by atoms with van der Waals surface area (Å²) in [6.45, 7) is 11.2. The molecule has 0 spiro atoms. The van der Waals surface area contributed by atoms with E-state index in [0.29, 0.717) is 0 Å². The Kier molecular flexibility index (Phi) is 2.94. The average molecular weight is 156 g/mol. The molecule has 1 rings (SSSR count). The Morgan fingerprint density at radius 2 is 1.55 bits per heavy atom. The topological polar surface area (TPSA) is 9.23 Å². The highest BCUT2D eigenvalue weighted by molar-refractivity contribution is 4.77. The lowest BCUT2D eigenvalue weighted by Crippen LogP contribution is -2.35. The lowest BCUT2D eigenvalue weighted by molar-refractivity contribution is -0.0321. The van der Waals surface area contributed by atoms with E-state index in [-0.39, 0.29) is 0 Å². The zero-order chi connectivity index (χ0) is 8.43. The minimum Gasteiger partial charge on any atom is -0.381 e. The van der Waals surface area contributed by atoms with Gasteiger partial charge in [-0.05, 0) is 23.7 Å². The summed E-state index contributed by atoms with van der Waals surface area (Å²) in [5.41, 5.74) is 0. The van der Waals surface area contributed by atoms with Crippen molar-refractivity contribution in [2.24, 2.45) is 23.7 Å². The predicted octanol–water partition coefficient (Wildman–Crippen LogP) is 2.56. The molecule has 0 aromatic carbocycles. The maximum atomic E-state index is 5.47. The van der Waals surface area contributed by atoms with Crippen LogP contribution in [0, 0.1) is 23.7 Å². The third-order valence-corrected chi connectivity index (χ3v) is 2.85. The molecule has 0 bridgehead atoms. The molecule has 2 atom stereocenters. The first kappa shape index (κ1) is 9.05. The van der Waals surface area contributed by atoms with Crippen LogP contribution in [-0.2, 0) is 4.74 Å². The van der Waals surface area contributed by atoms with Gasteiger partial charge in [-0.2, -0.15) is 0 Å². The first-order chi connectivity index (χ1) is 5.13. The highest BCUT2D eigenvalue weighted by Gasteiger charge is 2.30. The van der Waals surface area contributed by atoms with Crippen LogP contribution in [0.1, 0.15) is 27.7 Å². The van der Waals surface area contributed by atoms with E-state index in [2.05, 4.69) is 27.7 Å². The van der Waals surface area contributed by atoms with Gasteiger partial charge in [0.2, 0.25) is 0 Å². The van der Waals surface area contributed by atoms with Gasteiger partial charge in [0.05, 0.1) is 0 Å². The molecule has 0 saturated carbocycles. The summed E-state index contributed by atoms with van der Waals surface area (Å²) < 4.78 is 5.47. The van der Waals surface area contributed by atoms with E-state index < -0.39 is 0 Å². The summed E-state index contributed by atoms with van der Waals surface area (Å²) in [5, 5.41) is 0. The largest absolute Gasteiger partial charge is 0.381 e. The number of hydrogen-bond acceptors (Lipinski definition) is 1. The van der Waals surface area contributed by atoms with Crippen LogP contribution in [0.5, 0.6) is 0 Å². The molecule has 0 amide bonds. The lowest BCUT2D eigenvalue weighted by atomic mass is 9.75. The van der Waals surface area contributed by atoms with Gasteiger partial charge >= 0.3 is 0 Å².